The van der Waals surface area contributed by atoms with Gasteiger partial charge in [-0.25, -0.2) is 4.57 Å². The minimum absolute atomic E-state index is 0.369. The highest BCUT2D eigenvalue weighted by Gasteiger charge is 1.64. The molecule has 0 fully saturated rings. The van der Waals surface area contributed by atoms with Crippen molar-refractivity contribution in [3.63, 3.8) is 0 Å². The van der Waals surface area contributed by atoms with Crippen LogP contribution in [0, 0.1) is 12.0 Å². The first-order valence-corrected chi connectivity index (χ1v) is 2.61. The Bertz CT molecular complexity index is 100.0. The molecule has 7 heavy (non-hydrogen) atoms. The predicted molar refractivity (Wildman–Crippen MR) is 26.8 cm³/mol. The van der Waals surface area contributed by atoms with Crippen LogP contribution in [0.3, 0.4) is 0 Å². The van der Waals surface area contributed by atoms with E-state index in [1.54, 1.807) is 0 Å². The maximum Gasteiger partial charge on any atom is 0.405 e. The average molecular weight is 116 g/mol. The van der Waals surface area contributed by atoms with Crippen LogP contribution < -0.4 is 0 Å². The van der Waals surface area contributed by atoms with E-state index in [9.17, 15) is 4.57 Å². The molecule has 0 rings (SSSR count). The van der Waals surface area contributed by atoms with Crippen LogP contribution in [-0.4, -0.2) is 0 Å². The van der Waals surface area contributed by atoms with E-state index in [0.717, 1.165) is 6.42 Å². The highest BCUT2D eigenvalue weighted by Crippen LogP contribution is 1.88. The standard InChI is InChI=1S/C4H5O2P/c1-2-3-4-6-7-5/h2H2,1H3. The summed E-state index contributed by atoms with van der Waals surface area (Å²) >= 11 is 0. The van der Waals surface area contributed by atoms with Crippen molar-refractivity contribution in [3.05, 3.63) is 0 Å². The summed E-state index contributed by atoms with van der Waals surface area (Å²) in [4.78, 5) is 0. The van der Waals surface area contributed by atoms with Crippen molar-refractivity contribution in [2.45, 2.75) is 13.3 Å². The van der Waals surface area contributed by atoms with Crippen LogP contribution >= 0.6 is 8.69 Å². The lowest BCUT2D eigenvalue weighted by atomic mass is 10.5. The van der Waals surface area contributed by atoms with E-state index < -0.39 is 0 Å². The van der Waals surface area contributed by atoms with Gasteiger partial charge in [0.25, 0.3) is 0 Å². The Balaban J connectivity index is 3.06. The predicted octanol–water partition coefficient (Wildman–Crippen LogP) is 1.58. The number of rotatable bonds is 1. The van der Waals surface area contributed by atoms with E-state index in [1.165, 1.54) is 0 Å². The van der Waals surface area contributed by atoms with E-state index in [1.807, 2.05) is 6.92 Å². The molecule has 0 aromatic heterocycles. The zero-order valence-electron chi connectivity index (χ0n) is 3.97. The van der Waals surface area contributed by atoms with E-state index in [4.69, 9.17) is 0 Å². The van der Waals surface area contributed by atoms with Gasteiger partial charge in [-0.15, -0.1) is 0 Å². The highest BCUT2D eigenvalue weighted by atomic mass is 31.1. The molecule has 0 saturated heterocycles. The summed E-state index contributed by atoms with van der Waals surface area (Å²) < 4.78 is 13.6. The Morgan fingerprint density at radius 2 is 2.57 bits per heavy atom. The molecule has 0 aromatic carbocycles. The Morgan fingerprint density at radius 1 is 1.86 bits per heavy atom. The second-order valence-electron chi connectivity index (χ2n) is 0.798. The molecule has 0 atom stereocenters. The molecule has 0 amide bonds. The van der Waals surface area contributed by atoms with E-state index in [0.29, 0.717) is 0 Å². The minimum atomic E-state index is -0.369. The van der Waals surface area contributed by atoms with E-state index in [2.05, 4.69) is 16.6 Å². The van der Waals surface area contributed by atoms with Gasteiger partial charge < -0.3 is 4.52 Å². The molecule has 0 saturated carbocycles. The van der Waals surface area contributed by atoms with Crippen LogP contribution in [0.4, 0.5) is 0 Å². The first-order valence-electron chi connectivity index (χ1n) is 1.88. The lowest BCUT2D eigenvalue weighted by molar-refractivity contribution is 0.506. The summed E-state index contributed by atoms with van der Waals surface area (Å²) in [5.74, 6) is 2.57. The van der Waals surface area contributed by atoms with Crippen LogP contribution in [0.25, 0.3) is 0 Å². The average Bonchev–Trinajstić information content (AvgIpc) is 1.69. The molecular formula is C4H5O2P. The Labute approximate surface area is 44.2 Å². The zero-order valence-corrected chi connectivity index (χ0v) is 4.87. The molecule has 0 aliphatic rings. The van der Waals surface area contributed by atoms with Crippen molar-refractivity contribution in [1.82, 2.24) is 0 Å². The Hall–Kier alpha value is -0.540. The first-order chi connectivity index (χ1) is 3.41. The summed E-state index contributed by atoms with van der Waals surface area (Å²) in [6, 6.07) is 0. The molecule has 0 aromatic rings. The second kappa shape index (κ2) is 5.46. The van der Waals surface area contributed by atoms with Gasteiger partial charge in [0.15, 0.2) is 0 Å². The third-order valence-corrected chi connectivity index (χ3v) is 0.498. The molecule has 0 unspecified atom stereocenters. The van der Waals surface area contributed by atoms with Crippen molar-refractivity contribution in [2.24, 2.45) is 0 Å². The molecule has 38 valence electrons. The Morgan fingerprint density at radius 3 is 3.00 bits per heavy atom. The summed E-state index contributed by atoms with van der Waals surface area (Å²) in [5.41, 5.74) is 0. The van der Waals surface area contributed by atoms with E-state index in [-0.39, 0.29) is 8.69 Å². The number of hydrogen-bond donors (Lipinski definition) is 0. The SMILES string of the molecule is CCC#COP=O. The largest absolute Gasteiger partial charge is 0.405 e. The molecule has 0 heterocycles. The molecule has 3 heteroatoms. The van der Waals surface area contributed by atoms with E-state index >= 15 is 0 Å². The van der Waals surface area contributed by atoms with Crippen LogP contribution in [0.5, 0.6) is 0 Å². The second-order valence-corrected chi connectivity index (χ2v) is 1.13. The topological polar surface area (TPSA) is 26.3 Å². The lowest BCUT2D eigenvalue weighted by Crippen LogP contribution is -1.54. The molecule has 0 spiro atoms. The Kier molecular flexibility index (Phi) is 5.04. The molecule has 0 radical (unpaired) electrons. The van der Waals surface area contributed by atoms with Crippen molar-refractivity contribution < 1.29 is 9.09 Å². The lowest BCUT2D eigenvalue weighted by Gasteiger charge is -1.68. The summed E-state index contributed by atoms with van der Waals surface area (Å²) in [6.45, 7) is 1.89. The number of hydrogen-bond acceptors (Lipinski definition) is 2. The van der Waals surface area contributed by atoms with Crippen LogP contribution in [0.1, 0.15) is 13.3 Å². The van der Waals surface area contributed by atoms with Crippen LogP contribution in [0.15, 0.2) is 0 Å². The smallest absolute Gasteiger partial charge is 0.353 e. The van der Waals surface area contributed by atoms with Gasteiger partial charge in [-0.3, -0.25) is 0 Å². The van der Waals surface area contributed by atoms with Gasteiger partial charge in [0.1, 0.15) is 6.11 Å². The highest BCUT2D eigenvalue weighted by molar-refractivity contribution is 7.17. The van der Waals surface area contributed by atoms with Gasteiger partial charge in [0, 0.05) is 6.42 Å². The minimum Gasteiger partial charge on any atom is -0.353 e. The molecule has 0 bridgehead atoms. The molecule has 0 aliphatic carbocycles. The monoisotopic (exact) mass is 116 g/mol. The fraction of sp³-hybridized carbons (Fsp3) is 0.500. The van der Waals surface area contributed by atoms with Gasteiger partial charge >= 0.3 is 8.69 Å². The molecule has 0 aliphatic heterocycles. The van der Waals surface area contributed by atoms with Crippen molar-refractivity contribution in [1.29, 1.82) is 0 Å². The van der Waals surface area contributed by atoms with Gasteiger partial charge in [-0.1, -0.05) is 12.8 Å². The zero-order chi connectivity index (χ0) is 5.54. The fourth-order valence-electron chi connectivity index (χ4n) is 0.123. The van der Waals surface area contributed by atoms with Crippen LogP contribution in [-0.2, 0) is 9.09 Å². The van der Waals surface area contributed by atoms with Gasteiger partial charge in [-0.2, -0.15) is 0 Å². The van der Waals surface area contributed by atoms with Crippen molar-refractivity contribution in [3.8, 4) is 12.0 Å². The molecular weight excluding hydrogens is 111 g/mol. The molecule has 2 nitrogen and oxygen atoms in total. The van der Waals surface area contributed by atoms with Crippen molar-refractivity contribution >= 4 is 8.69 Å². The fourth-order valence-corrected chi connectivity index (χ4v) is 0.225. The maximum atomic E-state index is 9.45. The normalized spacial score (nSPS) is 7.00. The first kappa shape index (κ1) is 6.46. The quantitative estimate of drug-likeness (QED) is 0.384. The van der Waals surface area contributed by atoms with Crippen molar-refractivity contribution in [2.75, 3.05) is 0 Å². The third kappa shape index (κ3) is 5.46. The van der Waals surface area contributed by atoms with Gasteiger partial charge in [0.2, 0.25) is 0 Å². The van der Waals surface area contributed by atoms with Gasteiger partial charge in [0.05, 0.1) is 0 Å². The summed E-state index contributed by atoms with van der Waals surface area (Å²) in [7, 11) is -0.369. The third-order valence-electron chi connectivity index (χ3n) is 0.332. The van der Waals surface area contributed by atoms with Gasteiger partial charge in [-0.05, 0) is 0 Å². The summed E-state index contributed by atoms with van der Waals surface area (Å²) in [5, 5.41) is 0. The van der Waals surface area contributed by atoms with Crippen LogP contribution in [0.2, 0.25) is 0 Å². The molecule has 0 N–H and O–H groups in total. The maximum absolute atomic E-state index is 9.45. The summed E-state index contributed by atoms with van der Waals surface area (Å²) in [6.07, 6.45) is 2.94.